The number of amides is 1. The van der Waals surface area contributed by atoms with Crippen molar-refractivity contribution in [2.75, 3.05) is 12.4 Å². The minimum atomic E-state index is -3.56. The van der Waals surface area contributed by atoms with Crippen LogP contribution < -0.4 is 10.0 Å². The van der Waals surface area contributed by atoms with Crippen LogP contribution in [0, 0.1) is 6.92 Å². The van der Waals surface area contributed by atoms with Gasteiger partial charge in [0.2, 0.25) is 15.9 Å². The Labute approximate surface area is 147 Å². The fourth-order valence-electron chi connectivity index (χ4n) is 2.25. The number of sulfonamides is 1. The van der Waals surface area contributed by atoms with Gasteiger partial charge in [0.15, 0.2) is 0 Å². The fourth-order valence-corrected chi connectivity index (χ4v) is 3.46. The van der Waals surface area contributed by atoms with Crippen molar-refractivity contribution >= 4 is 33.2 Å². The fraction of sp³-hybridized carbons (Fsp3) is 0.235. The molecule has 2 N–H and O–H groups in total. The Morgan fingerprint density at radius 3 is 2.58 bits per heavy atom. The number of carbonyl (C=O) groups excluding carboxylic acids is 1. The highest BCUT2D eigenvalue weighted by Crippen LogP contribution is 2.20. The van der Waals surface area contributed by atoms with Gasteiger partial charge in [0.1, 0.15) is 0 Å². The topological polar surface area (TPSA) is 75.3 Å². The Morgan fingerprint density at radius 2 is 1.92 bits per heavy atom. The highest BCUT2D eigenvalue weighted by Gasteiger charge is 2.15. The van der Waals surface area contributed by atoms with Crippen LogP contribution in [0.2, 0.25) is 5.02 Å². The molecule has 0 bridgehead atoms. The average molecular weight is 367 g/mol. The number of anilines is 1. The number of rotatable bonds is 6. The highest BCUT2D eigenvalue weighted by molar-refractivity contribution is 7.89. The second-order valence-electron chi connectivity index (χ2n) is 5.37. The number of benzene rings is 2. The summed E-state index contributed by atoms with van der Waals surface area (Å²) in [5.41, 5.74) is 2.03. The molecule has 1 amide bonds. The van der Waals surface area contributed by atoms with Gasteiger partial charge in [-0.3, -0.25) is 4.79 Å². The van der Waals surface area contributed by atoms with Gasteiger partial charge < -0.3 is 5.32 Å². The third-order valence-electron chi connectivity index (χ3n) is 3.56. The molecule has 0 radical (unpaired) electrons. The summed E-state index contributed by atoms with van der Waals surface area (Å²) < 4.78 is 26.2. The molecule has 0 heterocycles. The third-order valence-corrected chi connectivity index (χ3v) is 5.35. The van der Waals surface area contributed by atoms with E-state index in [1.807, 2.05) is 18.2 Å². The summed E-state index contributed by atoms with van der Waals surface area (Å²) in [6.07, 6.45) is 0.836. The largest absolute Gasteiger partial charge is 0.326 e. The summed E-state index contributed by atoms with van der Waals surface area (Å²) in [7, 11) is -2.21. The van der Waals surface area contributed by atoms with Crippen molar-refractivity contribution in [1.82, 2.24) is 4.72 Å². The molecular weight excluding hydrogens is 348 g/mol. The Morgan fingerprint density at radius 1 is 1.17 bits per heavy atom. The first-order valence-electron chi connectivity index (χ1n) is 7.40. The van der Waals surface area contributed by atoms with Gasteiger partial charge in [-0.1, -0.05) is 29.8 Å². The summed E-state index contributed by atoms with van der Waals surface area (Å²) >= 11 is 5.92. The molecule has 0 spiro atoms. The standard InChI is InChI=1S/C17H19ClN2O3S/c1-12-6-8-15(11-16(12)24(22,23)19-2)20-17(21)9-7-13-4-3-5-14(18)10-13/h3-6,8,10-11,19H,7,9H2,1-2H3,(H,20,21). The first-order valence-corrected chi connectivity index (χ1v) is 9.26. The molecule has 0 aromatic heterocycles. The molecule has 128 valence electrons. The van der Waals surface area contributed by atoms with Gasteiger partial charge in [-0.05, 0) is 55.8 Å². The second kappa shape index (κ2) is 7.79. The first kappa shape index (κ1) is 18.4. The predicted molar refractivity (Wildman–Crippen MR) is 95.8 cm³/mol. The van der Waals surface area contributed by atoms with Crippen molar-refractivity contribution in [2.45, 2.75) is 24.7 Å². The number of halogens is 1. The highest BCUT2D eigenvalue weighted by atomic mass is 35.5. The Bertz CT molecular complexity index is 851. The zero-order valence-corrected chi connectivity index (χ0v) is 15.0. The van der Waals surface area contributed by atoms with E-state index in [9.17, 15) is 13.2 Å². The number of nitrogens with one attached hydrogen (secondary N) is 2. The second-order valence-corrected chi connectivity index (χ2v) is 7.66. The Balaban J connectivity index is 2.05. The van der Waals surface area contributed by atoms with Crippen LogP contribution >= 0.6 is 11.6 Å². The van der Waals surface area contributed by atoms with Crippen LogP contribution in [0.3, 0.4) is 0 Å². The monoisotopic (exact) mass is 366 g/mol. The summed E-state index contributed by atoms with van der Waals surface area (Å²) in [6, 6.07) is 12.1. The van der Waals surface area contributed by atoms with Crippen molar-refractivity contribution in [3.8, 4) is 0 Å². The summed E-state index contributed by atoms with van der Waals surface area (Å²) in [6.45, 7) is 1.70. The van der Waals surface area contributed by atoms with Crippen molar-refractivity contribution in [1.29, 1.82) is 0 Å². The minimum absolute atomic E-state index is 0.151. The molecule has 0 aliphatic heterocycles. The van der Waals surface area contributed by atoms with Crippen LogP contribution in [0.1, 0.15) is 17.5 Å². The van der Waals surface area contributed by atoms with Crippen LogP contribution in [0.15, 0.2) is 47.4 Å². The summed E-state index contributed by atoms with van der Waals surface area (Å²) in [4.78, 5) is 12.2. The zero-order valence-electron chi connectivity index (χ0n) is 13.5. The van der Waals surface area contributed by atoms with E-state index in [1.165, 1.54) is 13.1 Å². The van der Waals surface area contributed by atoms with Gasteiger partial charge in [0, 0.05) is 17.1 Å². The Kier molecular flexibility index (Phi) is 5.99. The van der Waals surface area contributed by atoms with E-state index in [1.54, 1.807) is 25.1 Å². The van der Waals surface area contributed by atoms with E-state index >= 15 is 0 Å². The van der Waals surface area contributed by atoms with Crippen LogP contribution in [0.5, 0.6) is 0 Å². The number of hydrogen-bond acceptors (Lipinski definition) is 3. The zero-order chi connectivity index (χ0) is 17.7. The van der Waals surface area contributed by atoms with Crippen LogP contribution in [0.25, 0.3) is 0 Å². The number of carbonyl (C=O) groups is 1. The predicted octanol–water partition coefficient (Wildman–Crippen LogP) is 3.13. The molecule has 5 nitrogen and oxygen atoms in total. The van der Waals surface area contributed by atoms with E-state index in [-0.39, 0.29) is 17.2 Å². The lowest BCUT2D eigenvalue weighted by Crippen LogP contribution is -2.20. The molecule has 0 aliphatic carbocycles. The van der Waals surface area contributed by atoms with Crippen molar-refractivity contribution < 1.29 is 13.2 Å². The van der Waals surface area contributed by atoms with Crippen LogP contribution in [-0.4, -0.2) is 21.4 Å². The molecule has 7 heteroatoms. The third kappa shape index (κ3) is 4.80. The minimum Gasteiger partial charge on any atom is -0.326 e. The molecule has 0 aliphatic rings. The van der Waals surface area contributed by atoms with Crippen molar-refractivity contribution in [2.24, 2.45) is 0 Å². The quantitative estimate of drug-likeness (QED) is 0.824. The lowest BCUT2D eigenvalue weighted by molar-refractivity contribution is -0.116. The first-order chi connectivity index (χ1) is 11.3. The lowest BCUT2D eigenvalue weighted by Gasteiger charge is -2.10. The van der Waals surface area contributed by atoms with Crippen LogP contribution in [-0.2, 0) is 21.2 Å². The summed E-state index contributed by atoms with van der Waals surface area (Å²) in [5, 5.41) is 3.36. The normalized spacial score (nSPS) is 11.3. The van der Waals surface area contributed by atoms with E-state index in [0.717, 1.165) is 5.56 Å². The lowest BCUT2D eigenvalue weighted by atomic mass is 10.1. The van der Waals surface area contributed by atoms with Gasteiger partial charge >= 0.3 is 0 Å². The van der Waals surface area contributed by atoms with Gasteiger partial charge in [0.25, 0.3) is 0 Å². The van der Waals surface area contributed by atoms with Gasteiger partial charge in [-0.25, -0.2) is 13.1 Å². The van der Waals surface area contributed by atoms with E-state index < -0.39 is 10.0 Å². The molecule has 0 fully saturated rings. The van der Waals surface area contributed by atoms with Crippen molar-refractivity contribution in [3.05, 3.63) is 58.6 Å². The number of hydrogen-bond donors (Lipinski definition) is 2. The SMILES string of the molecule is CNS(=O)(=O)c1cc(NC(=O)CCc2cccc(Cl)c2)ccc1C. The molecule has 0 atom stereocenters. The summed E-state index contributed by atoms with van der Waals surface area (Å²) in [5.74, 6) is -0.188. The maximum absolute atomic E-state index is 12.1. The smallest absolute Gasteiger partial charge is 0.240 e. The van der Waals surface area contributed by atoms with Gasteiger partial charge in [0.05, 0.1) is 4.90 Å². The van der Waals surface area contributed by atoms with Gasteiger partial charge in [-0.2, -0.15) is 0 Å². The van der Waals surface area contributed by atoms with E-state index in [0.29, 0.717) is 22.7 Å². The molecule has 0 unspecified atom stereocenters. The molecule has 2 rings (SSSR count). The van der Waals surface area contributed by atoms with Gasteiger partial charge in [-0.15, -0.1) is 0 Å². The van der Waals surface area contributed by atoms with Crippen LogP contribution in [0.4, 0.5) is 5.69 Å². The van der Waals surface area contributed by atoms with E-state index in [2.05, 4.69) is 10.0 Å². The molecule has 24 heavy (non-hydrogen) atoms. The van der Waals surface area contributed by atoms with E-state index in [4.69, 9.17) is 11.6 Å². The molecular formula is C17H19ClN2O3S. The molecule has 0 saturated heterocycles. The maximum atomic E-state index is 12.1. The average Bonchev–Trinajstić information content (AvgIpc) is 2.54. The molecule has 0 saturated carbocycles. The Hall–Kier alpha value is -1.89. The van der Waals surface area contributed by atoms with Crippen molar-refractivity contribution in [3.63, 3.8) is 0 Å². The molecule has 2 aromatic rings. The number of aryl methyl sites for hydroxylation is 2. The maximum Gasteiger partial charge on any atom is 0.240 e. The molecule has 2 aromatic carbocycles.